The number of benzene rings is 2. The molecular weight excluding hydrogens is 364 g/mol. The van der Waals surface area contributed by atoms with Gasteiger partial charge in [0.15, 0.2) is 0 Å². The molecule has 2 aromatic carbocycles. The second-order valence-corrected chi connectivity index (χ2v) is 7.48. The van der Waals surface area contributed by atoms with Gasteiger partial charge in [0.05, 0.1) is 26.2 Å². The zero-order valence-electron chi connectivity index (χ0n) is 16.4. The number of amides is 1. The molecule has 5 nitrogen and oxygen atoms in total. The van der Waals surface area contributed by atoms with E-state index in [1.54, 1.807) is 17.0 Å². The van der Waals surface area contributed by atoms with E-state index in [0.717, 1.165) is 30.6 Å². The second kappa shape index (κ2) is 8.45. The summed E-state index contributed by atoms with van der Waals surface area (Å²) in [5.74, 6) is -0.242. The molecule has 0 aliphatic carbocycles. The SMILES string of the molecule is C=CCc1cccc2cc(C(=O)N3CC[NH+](Cc4ccccc4)CC3)c(=O)oc12. The minimum absolute atomic E-state index is 0.111. The third-order valence-corrected chi connectivity index (χ3v) is 5.49. The molecule has 1 aliphatic rings. The molecule has 1 fully saturated rings. The van der Waals surface area contributed by atoms with Crippen molar-refractivity contribution in [3.8, 4) is 0 Å². The van der Waals surface area contributed by atoms with E-state index in [9.17, 15) is 9.59 Å². The number of piperazine rings is 1. The maximum absolute atomic E-state index is 13.0. The first-order valence-corrected chi connectivity index (χ1v) is 9.99. The van der Waals surface area contributed by atoms with Crippen LogP contribution in [-0.4, -0.2) is 37.0 Å². The van der Waals surface area contributed by atoms with Gasteiger partial charge in [0.1, 0.15) is 17.7 Å². The van der Waals surface area contributed by atoms with Gasteiger partial charge in [-0.15, -0.1) is 6.58 Å². The Morgan fingerprint density at radius 1 is 1.10 bits per heavy atom. The topological polar surface area (TPSA) is 55.0 Å². The molecule has 0 unspecified atom stereocenters. The first kappa shape index (κ1) is 19.2. The van der Waals surface area contributed by atoms with Crippen LogP contribution in [0.3, 0.4) is 0 Å². The van der Waals surface area contributed by atoms with Crippen molar-refractivity contribution in [1.82, 2.24) is 4.90 Å². The summed E-state index contributed by atoms with van der Waals surface area (Å²) >= 11 is 0. The number of nitrogens with zero attached hydrogens (tertiary/aromatic N) is 1. The zero-order chi connectivity index (χ0) is 20.2. The highest BCUT2D eigenvalue weighted by atomic mass is 16.4. The Bertz CT molecular complexity index is 1080. The van der Waals surface area contributed by atoms with Gasteiger partial charge in [-0.05, 0) is 18.1 Å². The molecule has 1 aromatic heterocycles. The van der Waals surface area contributed by atoms with Crippen molar-refractivity contribution in [3.63, 3.8) is 0 Å². The third kappa shape index (κ3) is 4.15. The smallest absolute Gasteiger partial charge is 0.349 e. The number of fused-ring (bicyclic) bond motifs is 1. The summed E-state index contributed by atoms with van der Waals surface area (Å²) < 4.78 is 5.53. The number of allylic oxidation sites excluding steroid dienone is 1. The summed E-state index contributed by atoms with van der Waals surface area (Å²) in [6.07, 6.45) is 2.38. The summed E-state index contributed by atoms with van der Waals surface area (Å²) in [4.78, 5) is 28.7. The zero-order valence-corrected chi connectivity index (χ0v) is 16.4. The number of nitrogens with one attached hydrogen (secondary N) is 1. The summed E-state index contributed by atoms with van der Waals surface area (Å²) in [7, 11) is 0. The first-order chi connectivity index (χ1) is 14.2. The fraction of sp³-hybridized carbons (Fsp3) is 0.250. The Balaban J connectivity index is 1.49. The molecule has 148 valence electrons. The van der Waals surface area contributed by atoms with Crippen LogP contribution in [0.25, 0.3) is 11.0 Å². The molecule has 1 saturated heterocycles. The molecule has 0 atom stereocenters. The van der Waals surface area contributed by atoms with Gasteiger partial charge >= 0.3 is 5.63 Å². The molecule has 0 radical (unpaired) electrons. The molecule has 0 bridgehead atoms. The molecule has 0 saturated carbocycles. The predicted molar refractivity (Wildman–Crippen MR) is 113 cm³/mol. The fourth-order valence-electron chi connectivity index (χ4n) is 3.93. The van der Waals surface area contributed by atoms with Crippen molar-refractivity contribution >= 4 is 16.9 Å². The first-order valence-electron chi connectivity index (χ1n) is 9.99. The average molecular weight is 389 g/mol. The van der Waals surface area contributed by atoms with Crippen molar-refractivity contribution in [2.75, 3.05) is 26.2 Å². The number of rotatable bonds is 5. The highest BCUT2D eigenvalue weighted by molar-refractivity contribution is 5.97. The molecule has 2 heterocycles. The second-order valence-electron chi connectivity index (χ2n) is 7.48. The number of carbonyl (C=O) groups is 1. The summed E-state index contributed by atoms with van der Waals surface area (Å²) in [6.45, 7) is 7.69. The predicted octanol–water partition coefficient (Wildman–Crippen LogP) is 2.06. The van der Waals surface area contributed by atoms with Gasteiger partial charge in [-0.3, -0.25) is 4.79 Å². The van der Waals surface area contributed by atoms with Crippen LogP contribution in [0, 0.1) is 0 Å². The van der Waals surface area contributed by atoms with Gasteiger partial charge in [0, 0.05) is 10.9 Å². The van der Waals surface area contributed by atoms with Crippen molar-refractivity contribution < 1.29 is 14.1 Å². The third-order valence-electron chi connectivity index (χ3n) is 5.49. The minimum atomic E-state index is -0.571. The Hall–Kier alpha value is -3.18. The molecule has 1 aliphatic heterocycles. The molecule has 0 spiro atoms. The highest BCUT2D eigenvalue weighted by Crippen LogP contribution is 2.19. The van der Waals surface area contributed by atoms with Crippen LogP contribution >= 0.6 is 0 Å². The monoisotopic (exact) mass is 389 g/mol. The quantitative estimate of drug-likeness (QED) is 0.537. The molecule has 1 amide bonds. The van der Waals surface area contributed by atoms with Gasteiger partial charge in [0.25, 0.3) is 5.91 Å². The van der Waals surface area contributed by atoms with Crippen LogP contribution in [0.15, 0.2) is 76.5 Å². The Morgan fingerprint density at radius 2 is 1.86 bits per heavy atom. The van der Waals surface area contributed by atoms with E-state index in [2.05, 4.69) is 18.7 Å². The van der Waals surface area contributed by atoms with Crippen LogP contribution in [-0.2, 0) is 13.0 Å². The molecular formula is C24H25N2O3+. The van der Waals surface area contributed by atoms with Gasteiger partial charge < -0.3 is 14.2 Å². The number of hydrogen-bond acceptors (Lipinski definition) is 3. The Morgan fingerprint density at radius 3 is 2.59 bits per heavy atom. The van der Waals surface area contributed by atoms with Crippen molar-refractivity contribution in [2.45, 2.75) is 13.0 Å². The summed E-state index contributed by atoms with van der Waals surface area (Å²) in [5, 5.41) is 0.764. The van der Waals surface area contributed by atoms with E-state index < -0.39 is 5.63 Å². The van der Waals surface area contributed by atoms with Crippen molar-refractivity contribution in [2.24, 2.45) is 0 Å². The summed E-state index contributed by atoms with van der Waals surface area (Å²) in [6, 6.07) is 17.7. The highest BCUT2D eigenvalue weighted by Gasteiger charge is 2.27. The minimum Gasteiger partial charge on any atom is -0.422 e. The van der Waals surface area contributed by atoms with Crippen molar-refractivity contribution in [3.05, 3.63) is 94.4 Å². The van der Waals surface area contributed by atoms with Gasteiger partial charge in [-0.2, -0.15) is 0 Å². The fourth-order valence-corrected chi connectivity index (χ4v) is 3.93. The molecule has 29 heavy (non-hydrogen) atoms. The van der Waals surface area contributed by atoms with E-state index in [1.165, 1.54) is 10.5 Å². The van der Waals surface area contributed by atoms with Crippen LogP contribution in [0.5, 0.6) is 0 Å². The van der Waals surface area contributed by atoms with E-state index in [0.29, 0.717) is 25.1 Å². The lowest BCUT2D eigenvalue weighted by molar-refractivity contribution is -0.917. The van der Waals surface area contributed by atoms with Crippen LogP contribution in [0.1, 0.15) is 21.5 Å². The lowest BCUT2D eigenvalue weighted by atomic mass is 10.1. The Labute approximate surface area is 169 Å². The number of carbonyl (C=O) groups excluding carboxylic acids is 1. The molecule has 3 aromatic rings. The number of quaternary nitrogens is 1. The van der Waals surface area contributed by atoms with E-state index in [1.807, 2.05) is 36.4 Å². The number of para-hydroxylation sites is 1. The lowest BCUT2D eigenvalue weighted by Gasteiger charge is -2.32. The normalized spacial score (nSPS) is 14.8. The molecule has 5 heteroatoms. The maximum atomic E-state index is 13.0. The van der Waals surface area contributed by atoms with Gasteiger partial charge in [-0.1, -0.05) is 54.6 Å². The van der Waals surface area contributed by atoms with E-state index >= 15 is 0 Å². The molecule has 1 N–H and O–H groups in total. The standard InChI is InChI=1S/C24H24N2O3/c1-2-7-19-10-6-11-20-16-21(24(28)29-22(19)20)23(27)26-14-12-25(13-15-26)17-18-8-4-3-5-9-18/h2-6,8-11,16H,1,7,12-15,17H2/p+1. The largest absolute Gasteiger partial charge is 0.422 e. The van der Waals surface area contributed by atoms with Gasteiger partial charge in [0.2, 0.25) is 0 Å². The molecule has 4 rings (SSSR count). The summed E-state index contributed by atoms with van der Waals surface area (Å²) in [5.41, 5.74) is 2.27. The Kier molecular flexibility index (Phi) is 5.58. The van der Waals surface area contributed by atoms with E-state index in [4.69, 9.17) is 4.42 Å². The number of hydrogen-bond donors (Lipinski definition) is 1. The van der Waals surface area contributed by atoms with Crippen molar-refractivity contribution in [1.29, 1.82) is 0 Å². The lowest BCUT2D eigenvalue weighted by Crippen LogP contribution is -3.13. The van der Waals surface area contributed by atoms with E-state index in [-0.39, 0.29) is 11.5 Å². The average Bonchev–Trinajstić information content (AvgIpc) is 2.75. The van der Waals surface area contributed by atoms with Crippen LogP contribution in [0.4, 0.5) is 0 Å². The van der Waals surface area contributed by atoms with Crippen LogP contribution < -0.4 is 10.5 Å². The van der Waals surface area contributed by atoms with Crippen LogP contribution in [0.2, 0.25) is 0 Å². The maximum Gasteiger partial charge on any atom is 0.349 e. The van der Waals surface area contributed by atoms with Gasteiger partial charge in [-0.25, -0.2) is 4.79 Å².